The van der Waals surface area contributed by atoms with Crippen molar-refractivity contribution in [2.45, 2.75) is 77.2 Å². The van der Waals surface area contributed by atoms with Crippen LogP contribution >= 0.6 is 0 Å². The highest BCUT2D eigenvalue weighted by atomic mass is 16.7. The summed E-state index contributed by atoms with van der Waals surface area (Å²) in [6.45, 7) is 3.58. The van der Waals surface area contributed by atoms with E-state index in [4.69, 9.17) is 23.7 Å². The lowest BCUT2D eigenvalue weighted by Gasteiger charge is -2.44. The third-order valence-corrected chi connectivity index (χ3v) is 4.93. The minimum absolute atomic E-state index is 0.0116. The topological polar surface area (TPSA) is 126 Å². The van der Waals surface area contributed by atoms with Crippen molar-refractivity contribution in [3.63, 3.8) is 0 Å². The molecule has 2 aliphatic rings. The predicted molar refractivity (Wildman–Crippen MR) is 97.3 cm³/mol. The lowest BCUT2D eigenvalue weighted by atomic mass is 9.97. The molecular formula is C19H29NO9. The zero-order valence-electron chi connectivity index (χ0n) is 17.2. The summed E-state index contributed by atoms with van der Waals surface area (Å²) in [5, 5.41) is 2.81. The molecule has 1 amide bonds. The van der Waals surface area contributed by atoms with Gasteiger partial charge in [0.25, 0.3) is 0 Å². The molecule has 5 atom stereocenters. The molecule has 0 aromatic heterocycles. The van der Waals surface area contributed by atoms with Gasteiger partial charge in [-0.15, -0.1) is 0 Å². The first-order valence-corrected chi connectivity index (χ1v) is 9.70. The van der Waals surface area contributed by atoms with Gasteiger partial charge in [-0.2, -0.15) is 0 Å². The fraction of sp³-hybridized carbons (Fsp3) is 0.789. The average Bonchev–Trinajstić information content (AvgIpc) is 3.17. The number of amides is 1. The summed E-state index contributed by atoms with van der Waals surface area (Å²) in [6.07, 6.45) is -1.67. The molecule has 10 heteroatoms. The van der Waals surface area contributed by atoms with Crippen molar-refractivity contribution in [1.82, 2.24) is 5.32 Å². The molecule has 0 aromatic carbocycles. The largest absolute Gasteiger partial charge is 0.456 e. The summed E-state index contributed by atoms with van der Waals surface area (Å²) in [6, 6.07) is 0. The summed E-state index contributed by atoms with van der Waals surface area (Å²) in [5.41, 5.74) is 0. The van der Waals surface area contributed by atoms with Crippen LogP contribution in [0.15, 0.2) is 0 Å². The normalized spacial score (nSPS) is 29.7. The maximum absolute atomic E-state index is 12.4. The molecule has 0 aromatic rings. The molecule has 2 fully saturated rings. The molecule has 0 spiro atoms. The molecule has 1 N–H and O–H groups in total. The van der Waals surface area contributed by atoms with Gasteiger partial charge in [-0.3, -0.25) is 19.2 Å². The SMILES string of the molecule is CO[C@H]1OC(CNC(=O)C2CCCC2)[C@@H](OC(C)=O)C(OC(C)=O)[C@@H]1OC(C)=O. The Hall–Kier alpha value is -2.20. The lowest BCUT2D eigenvalue weighted by molar-refractivity contribution is -0.296. The Morgan fingerprint density at radius 1 is 0.862 bits per heavy atom. The molecule has 1 heterocycles. The van der Waals surface area contributed by atoms with Gasteiger partial charge < -0.3 is 29.0 Å². The van der Waals surface area contributed by atoms with Crippen molar-refractivity contribution < 1.29 is 42.9 Å². The lowest BCUT2D eigenvalue weighted by Crippen LogP contribution is -2.63. The van der Waals surface area contributed by atoms with E-state index in [1.807, 2.05) is 0 Å². The zero-order chi connectivity index (χ0) is 21.6. The van der Waals surface area contributed by atoms with E-state index in [-0.39, 0.29) is 18.4 Å². The van der Waals surface area contributed by atoms with Crippen LogP contribution in [0.3, 0.4) is 0 Å². The van der Waals surface area contributed by atoms with E-state index < -0.39 is 48.6 Å². The number of rotatable bonds is 7. The Bertz CT molecular complexity index is 617. The van der Waals surface area contributed by atoms with Crippen molar-refractivity contribution in [2.24, 2.45) is 5.92 Å². The van der Waals surface area contributed by atoms with Crippen molar-refractivity contribution in [3.8, 4) is 0 Å². The number of hydrogen-bond donors (Lipinski definition) is 1. The minimum Gasteiger partial charge on any atom is -0.456 e. The molecule has 10 nitrogen and oxygen atoms in total. The van der Waals surface area contributed by atoms with E-state index in [0.717, 1.165) is 25.7 Å². The van der Waals surface area contributed by atoms with E-state index in [2.05, 4.69) is 5.32 Å². The summed E-state index contributed by atoms with van der Waals surface area (Å²) >= 11 is 0. The molecule has 29 heavy (non-hydrogen) atoms. The second kappa shape index (κ2) is 10.5. The van der Waals surface area contributed by atoms with Gasteiger partial charge in [0.2, 0.25) is 5.91 Å². The van der Waals surface area contributed by atoms with Gasteiger partial charge in [-0.1, -0.05) is 12.8 Å². The summed E-state index contributed by atoms with van der Waals surface area (Å²) < 4.78 is 27.0. The second-order valence-electron chi connectivity index (χ2n) is 7.23. The maximum Gasteiger partial charge on any atom is 0.303 e. The molecule has 0 bridgehead atoms. The fourth-order valence-corrected chi connectivity index (χ4v) is 3.74. The predicted octanol–water partition coefficient (Wildman–Crippen LogP) is 0.459. The van der Waals surface area contributed by atoms with Gasteiger partial charge >= 0.3 is 17.9 Å². The van der Waals surface area contributed by atoms with E-state index >= 15 is 0 Å². The number of carbonyl (C=O) groups is 4. The van der Waals surface area contributed by atoms with E-state index in [0.29, 0.717) is 0 Å². The van der Waals surface area contributed by atoms with Crippen LogP contribution < -0.4 is 5.32 Å². The van der Waals surface area contributed by atoms with E-state index in [1.54, 1.807) is 0 Å². The summed E-state index contributed by atoms with van der Waals surface area (Å²) in [7, 11) is 1.34. The van der Waals surface area contributed by atoms with Crippen LogP contribution in [0.25, 0.3) is 0 Å². The first kappa shape index (κ1) is 23.1. The molecule has 1 aliphatic carbocycles. The quantitative estimate of drug-likeness (QED) is 0.466. The third-order valence-electron chi connectivity index (χ3n) is 4.93. The highest BCUT2D eigenvalue weighted by molar-refractivity contribution is 5.78. The Morgan fingerprint density at radius 2 is 1.38 bits per heavy atom. The van der Waals surface area contributed by atoms with Crippen LogP contribution in [0.5, 0.6) is 0 Å². The van der Waals surface area contributed by atoms with Crippen LogP contribution in [0.2, 0.25) is 0 Å². The maximum atomic E-state index is 12.4. The van der Waals surface area contributed by atoms with Crippen LogP contribution in [0, 0.1) is 5.92 Å². The van der Waals surface area contributed by atoms with Gasteiger partial charge in [0.1, 0.15) is 6.10 Å². The average molecular weight is 415 g/mol. The van der Waals surface area contributed by atoms with Crippen LogP contribution in [-0.4, -0.2) is 68.2 Å². The van der Waals surface area contributed by atoms with Gasteiger partial charge in [0.15, 0.2) is 24.6 Å². The molecule has 1 saturated heterocycles. The molecule has 0 radical (unpaired) electrons. The molecular weight excluding hydrogens is 386 g/mol. The first-order valence-electron chi connectivity index (χ1n) is 9.70. The standard InChI is InChI=1S/C19H29NO9/c1-10(21)26-15-14(9-20-18(24)13-7-5-6-8-13)29-19(25-4)17(28-12(3)23)16(15)27-11(2)22/h13-17,19H,5-9H2,1-4H3,(H,20,24)/t14?,15-,16?,17+,19+/m1/s1. The number of methoxy groups -OCH3 is 1. The molecule has 2 rings (SSSR count). The van der Waals surface area contributed by atoms with Crippen LogP contribution in [0.4, 0.5) is 0 Å². The van der Waals surface area contributed by atoms with Crippen molar-refractivity contribution in [2.75, 3.05) is 13.7 Å². The molecule has 164 valence electrons. The third kappa shape index (κ3) is 6.40. The van der Waals surface area contributed by atoms with E-state index in [1.165, 1.54) is 27.9 Å². The highest BCUT2D eigenvalue weighted by Crippen LogP contribution is 2.29. The van der Waals surface area contributed by atoms with Gasteiger partial charge in [0.05, 0.1) is 0 Å². The molecule has 2 unspecified atom stereocenters. The van der Waals surface area contributed by atoms with Crippen molar-refractivity contribution in [3.05, 3.63) is 0 Å². The number of esters is 3. The smallest absolute Gasteiger partial charge is 0.303 e. The summed E-state index contributed by atoms with van der Waals surface area (Å²) in [5.74, 6) is -2.10. The molecule has 1 saturated carbocycles. The fourth-order valence-electron chi connectivity index (χ4n) is 3.74. The highest BCUT2D eigenvalue weighted by Gasteiger charge is 2.52. The number of hydrogen-bond acceptors (Lipinski definition) is 9. The number of nitrogens with one attached hydrogen (secondary N) is 1. The van der Waals surface area contributed by atoms with E-state index in [9.17, 15) is 19.2 Å². The first-order chi connectivity index (χ1) is 13.7. The Balaban J connectivity index is 2.22. The van der Waals surface area contributed by atoms with Crippen LogP contribution in [-0.2, 0) is 42.9 Å². The van der Waals surface area contributed by atoms with Crippen LogP contribution in [0.1, 0.15) is 46.5 Å². The molecule has 1 aliphatic heterocycles. The second-order valence-corrected chi connectivity index (χ2v) is 7.23. The zero-order valence-corrected chi connectivity index (χ0v) is 17.2. The van der Waals surface area contributed by atoms with Crippen molar-refractivity contribution in [1.29, 1.82) is 0 Å². The summed E-state index contributed by atoms with van der Waals surface area (Å²) in [4.78, 5) is 47.2. The Labute approximate surface area is 169 Å². The Kier molecular flexibility index (Phi) is 8.39. The van der Waals surface area contributed by atoms with Gasteiger partial charge in [0, 0.05) is 40.3 Å². The minimum atomic E-state index is -1.16. The number of ether oxygens (including phenoxy) is 5. The number of carbonyl (C=O) groups excluding carboxylic acids is 4. The van der Waals surface area contributed by atoms with Gasteiger partial charge in [-0.05, 0) is 12.8 Å². The Morgan fingerprint density at radius 3 is 1.90 bits per heavy atom. The van der Waals surface area contributed by atoms with Gasteiger partial charge in [-0.25, -0.2) is 0 Å². The monoisotopic (exact) mass is 415 g/mol. The van der Waals surface area contributed by atoms with Crippen molar-refractivity contribution >= 4 is 23.8 Å².